The molecular formula is C23H26N4O3S. The van der Waals surface area contributed by atoms with Crippen molar-refractivity contribution in [2.75, 3.05) is 18.9 Å². The quantitative estimate of drug-likeness (QED) is 0.511. The highest BCUT2D eigenvalue weighted by molar-refractivity contribution is 8.00. The van der Waals surface area contributed by atoms with E-state index in [0.717, 1.165) is 23.2 Å². The zero-order valence-corrected chi connectivity index (χ0v) is 18.7. The van der Waals surface area contributed by atoms with E-state index >= 15 is 0 Å². The van der Waals surface area contributed by atoms with Crippen LogP contribution in [-0.4, -0.2) is 45.8 Å². The van der Waals surface area contributed by atoms with E-state index in [2.05, 4.69) is 15.5 Å². The first-order valence-corrected chi connectivity index (χ1v) is 11.0. The van der Waals surface area contributed by atoms with E-state index in [4.69, 9.17) is 4.42 Å². The summed E-state index contributed by atoms with van der Waals surface area (Å²) in [5, 5.41) is 10.8. The average Bonchev–Trinajstić information content (AvgIpc) is 3.20. The fourth-order valence-corrected chi connectivity index (χ4v) is 3.89. The molecule has 162 valence electrons. The molecule has 1 aromatic heterocycles. The van der Waals surface area contributed by atoms with Crippen LogP contribution >= 0.6 is 11.8 Å². The van der Waals surface area contributed by atoms with Gasteiger partial charge < -0.3 is 14.6 Å². The van der Waals surface area contributed by atoms with Crippen LogP contribution in [0.2, 0.25) is 0 Å². The van der Waals surface area contributed by atoms with Gasteiger partial charge in [0.15, 0.2) is 0 Å². The Balaban J connectivity index is 1.51. The van der Waals surface area contributed by atoms with Crippen LogP contribution in [0.15, 0.2) is 64.2 Å². The Morgan fingerprint density at radius 3 is 2.55 bits per heavy atom. The Hall–Kier alpha value is -3.13. The molecule has 0 saturated heterocycles. The Morgan fingerprint density at radius 2 is 1.81 bits per heavy atom. The first-order valence-electron chi connectivity index (χ1n) is 10.1. The van der Waals surface area contributed by atoms with Gasteiger partial charge in [-0.1, -0.05) is 67.2 Å². The summed E-state index contributed by atoms with van der Waals surface area (Å²) >= 11 is 1.19. The summed E-state index contributed by atoms with van der Waals surface area (Å²) in [6.07, 6.45) is 1.35. The molecule has 7 nitrogen and oxygen atoms in total. The third-order valence-corrected chi connectivity index (χ3v) is 5.62. The van der Waals surface area contributed by atoms with E-state index in [9.17, 15) is 9.59 Å². The number of benzene rings is 2. The van der Waals surface area contributed by atoms with Gasteiger partial charge in [-0.25, -0.2) is 0 Å². The van der Waals surface area contributed by atoms with Crippen molar-refractivity contribution in [3.05, 3.63) is 71.6 Å². The molecule has 0 spiro atoms. The molecule has 0 aliphatic carbocycles. The molecule has 0 fully saturated rings. The molecule has 2 amide bonds. The molecule has 0 aliphatic heterocycles. The average molecular weight is 439 g/mol. The van der Waals surface area contributed by atoms with E-state index in [1.54, 1.807) is 14.0 Å². The van der Waals surface area contributed by atoms with Crippen molar-refractivity contribution < 1.29 is 14.0 Å². The second-order valence-electron chi connectivity index (χ2n) is 7.14. The van der Waals surface area contributed by atoms with Crippen molar-refractivity contribution in [1.82, 2.24) is 15.1 Å². The molecule has 31 heavy (non-hydrogen) atoms. The molecule has 0 unspecified atom stereocenters. The van der Waals surface area contributed by atoms with Crippen LogP contribution in [0.1, 0.15) is 30.9 Å². The molecule has 0 saturated carbocycles. The van der Waals surface area contributed by atoms with Crippen molar-refractivity contribution in [3.63, 3.8) is 0 Å². The van der Waals surface area contributed by atoms with Crippen LogP contribution in [0, 0.1) is 0 Å². The van der Waals surface area contributed by atoms with E-state index in [1.807, 2.05) is 61.5 Å². The lowest BCUT2D eigenvalue weighted by atomic mass is 10.1. The van der Waals surface area contributed by atoms with Crippen LogP contribution in [0.3, 0.4) is 0 Å². The number of hydrogen-bond acceptors (Lipinski definition) is 6. The molecule has 3 aromatic rings. The molecule has 1 heterocycles. The first kappa shape index (κ1) is 22.6. The minimum absolute atomic E-state index is 0.0368. The first-order chi connectivity index (χ1) is 15.0. The van der Waals surface area contributed by atoms with Crippen LogP contribution in [0.5, 0.6) is 0 Å². The smallest absolute Gasteiger partial charge is 0.277 e. The molecule has 0 aliphatic rings. The maximum Gasteiger partial charge on any atom is 0.277 e. The number of hydrogen-bond donors (Lipinski definition) is 1. The van der Waals surface area contributed by atoms with E-state index in [0.29, 0.717) is 17.5 Å². The topological polar surface area (TPSA) is 88.3 Å². The lowest BCUT2D eigenvalue weighted by molar-refractivity contribution is -0.132. The minimum Gasteiger partial charge on any atom is -0.416 e. The fourth-order valence-electron chi connectivity index (χ4n) is 3.07. The number of carbonyl (C=O) groups excluding carboxylic acids is 2. The number of thioether (sulfide) groups is 1. The molecule has 1 atom stereocenters. The predicted octanol–water partition coefficient (Wildman–Crippen LogP) is 3.80. The molecule has 3 rings (SSSR count). The monoisotopic (exact) mass is 438 g/mol. The van der Waals surface area contributed by atoms with Crippen LogP contribution < -0.4 is 5.32 Å². The fraction of sp³-hybridized carbons (Fsp3) is 0.304. The van der Waals surface area contributed by atoms with Gasteiger partial charge in [0, 0.05) is 12.7 Å². The number of likely N-dealkylation sites (N-methyl/N-ethyl adjacent to an activating group) is 1. The summed E-state index contributed by atoms with van der Waals surface area (Å²) in [7, 11) is 1.61. The third kappa shape index (κ3) is 6.42. The summed E-state index contributed by atoms with van der Waals surface area (Å²) in [4.78, 5) is 26.5. The number of nitrogens with zero attached hydrogens (tertiary/aromatic N) is 3. The highest BCUT2D eigenvalue weighted by Crippen LogP contribution is 2.24. The molecule has 1 N–H and O–H groups in total. The van der Waals surface area contributed by atoms with Gasteiger partial charge in [0.1, 0.15) is 0 Å². The normalized spacial score (nSPS) is 11.7. The standard InChI is InChI=1S/C23H26N4O3S/c1-4-18-12-8-9-13-19(18)24-20(28)15-27(3)22(29)16(2)31-23-26-25-21(30-23)14-17-10-6-5-7-11-17/h5-13,16H,4,14-15H2,1-3H3,(H,24,28)/t16-/m0/s1. The summed E-state index contributed by atoms with van der Waals surface area (Å²) in [6, 6.07) is 17.5. The van der Waals surface area contributed by atoms with Gasteiger partial charge in [-0.3, -0.25) is 9.59 Å². The molecular weight excluding hydrogens is 412 g/mol. The van der Waals surface area contributed by atoms with Crippen molar-refractivity contribution in [1.29, 1.82) is 0 Å². The minimum atomic E-state index is -0.467. The Bertz CT molecular complexity index is 1020. The van der Waals surface area contributed by atoms with Crippen molar-refractivity contribution in [2.45, 2.75) is 37.2 Å². The zero-order chi connectivity index (χ0) is 22.2. The van der Waals surface area contributed by atoms with Gasteiger partial charge in [-0.05, 0) is 30.5 Å². The second-order valence-corrected chi connectivity index (χ2v) is 8.43. The van der Waals surface area contributed by atoms with Crippen LogP contribution in [0.25, 0.3) is 0 Å². The van der Waals surface area contributed by atoms with Gasteiger partial charge in [0.2, 0.25) is 17.7 Å². The Kier molecular flexibility index (Phi) is 7.83. The molecule has 2 aromatic carbocycles. The number of amides is 2. The highest BCUT2D eigenvalue weighted by atomic mass is 32.2. The van der Waals surface area contributed by atoms with Gasteiger partial charge in [-0.15, -0.1) is 10.2 Å². The number of nitrogens with one attached hydrogen (secondary N) is 1. The van der Waals surface area contributed by atoms with Crippen LogP contribution in [-0.2, 0) is 22.4 Å². The number of carbonyl (C=O) groups is 2. The summed E-state index contributed by atoms with van der Waals surface area (Å²) in [5.74, 6) is 0.0688. The SMILES string of the molecule is CCc1ccccc1NC(=O)CN(C)C(=O)[C@H](C)Sc1nnc(Cc2ccccc2)o1. The van der Waals surface area contributed by atoms with Crippen LogP contribution in [0.4, 0.5) is 5.69 Å². The highest BCUT2D eigenvalue weighted by Gasteiger charge is 2.23. The van der Waals surface area contributed by atoms with E-state index in [1.165, 1.54) is 16.7 Å². The number of aromatic nitrogens is 2. The maximum atomic E-state index is 12.7. The van der Waals surface area contributed by atoms with Crippen molar-refractivity contribution in [3.8, 4) is 0 Å². The van der Waals surface area contributed by atoms with Gasteiger partial charge in [-0.2, -0.15) is 0 Å². The summed E-state index contributed by atoms with van der Waals surface area (Å²) in [5.41, 5.74) is 2.90. The zero-order valence-electron chi connectivity index (χ0n) is 17.9. The third-order valence-electron chi connectivity index (χ3n) is 4.70. The predicted molar refractivity (Wildman–Crippen MR) is 121 cm³/mol. The van der Waals surface area contributed by atoms with Crippen molar-refractivity contribution >= 4 is 29.3 Å². The van der Waals surface area contributed by atoms with Gasteiger partial charge >= 0.3 is 0 Å². The summed E-state index contributed by atoms with van der Waals surface area (Å²) < 4.78 is 5.66. The molecule has 8 heteroatoms. The molecule has 0 radical (unpaired) electrons. The lowest BCUT2D eigenvalue weighted by Crippen LogP contribution is -2.39. The lowest BCUT2D eigenvalue weighted by Gasteiger charge is -2.20. The van der Waals surface area contributed by atoms with Gasteiger partial charge in [0.05, 0.1) is 18.2 Å². The Labute approximate surface area is 186 Å². The molecule has 0 bridgehead atoms. The number of aryl methyl sites for hydroxylation is 1. The largest absolute Gasteiger partial charge is 0.416 e. The number of rotatable bonds is 9. The van der Waals surface area contributed by atoms with Crippen molar-refractivity contribution in [2.24, 2.45) is 0 Å². The van der Waals surface area contributed by atoms with E-state index < -0.39 is 5.25 Å². The second kappa shape index (κ2) is 10.8. The van der Waals surface area contributed by atoms with Gasteiger partial charge in [0.25, 0.3) is 5.22 Å². The number of anilines is 1. The van der Waals surface area contributed by atoms with E-state index in [-0.39, 0.29) is 18.4 Å². The maximum absolute atomic E-state index is 12.7. The summed E-state index contributed by atoms with van der Waals surface area (Å²) in [6.45, 7) is 3.75. The Morgan fingerprint density at radius 1 is 1.10 bits per heavy atom. The number of para-hydroxylation sites is 1.